The van der Waals surface area contributed by atoms with E-state index < -0.39 is 0 Å². The van der Waals surface area contributed by atoms with Crippen LogP contribution in [0.5, 0.6) is 11.5 Å². The number of nitrogens with zero attached hydrogens (tertiary/aromatic N) is 2. The summed E-state index contributed by atoms with van der Waals surface area (Å²) < 4.78 is 26.3. The highest BCUT2D eigenvalue weighted by molar-refractivity contribution is 5.44. The van der Waals surface area contributed by atoms with Crippen molar-refractivity contribution < 1.29 is 13.9 Å². The van der Waals surface area contributed by atoms with E-state index in [-0.39, 0.29) is 17.4 Å². The molecule has 0 aliphatic rings. The van der Waals surface area contributed by atoms with E-state index >= 15 is 0 Å². The van der Waals surface area contributed by atoms with Gasteiger partial charge in [0.1, 0.15) is 11.5 Å². The number of hydrogen-bond donors (Lipinski definition) is 1. The van der Waals surface area contributed by atoms with Gasteiger partial charge in [0, 0.05) is 41.7 Å². The third kappa shape index (κ3) is 3.84. The van der Waals surface area contributed by atoms with Gasteiger partial charge in [-0.15, -0.1) is 0 Å². The quantitative estimate of drug-likeness (QED) is 0.677. The molecule has 0 saturated carbocycles. The number of ether oxygens (including phenoxy) is 2. The highest BCUT2D eigenvalue weighted by Gasteiger charge is 2.16. The molecule has 7 heteroatoms. The van der Waals surface area contributed by atoms with Crippen LogP contribution in [-0.4, -0.2) is 30.1 Å². The molecule has 2 heterocycles. The first kappa shape index (κ1) is 19.8. The highest BCUT2D eigenvalue weighted by Crippen LogP contribution is 2.32. The molecule has 2 aromatic heterocycles. The predicted octanol–water partition coefficient (Wildman–Crippen LogP) is 3.05. The normalized spacial score (nSPS) is 12.2. The summed E-state index contributed by atoms with van der Waals surface area (Å²) in [7, 11) is 2.98. The number of nitrogens with one attached hydrogen (secondary N) is 1. The van der Waals surface area contributed by atoms with Crippen LogP contribution in [0, 0.1) is 12.7 Å². The Morgan fingerprint density at radius 3 is 2.64 bits per heavy atom. The summed E-state index contributed by atoms with van der Waals surface area (Å²) in [5.74, 6) is 0.448. The number of pyridine rings is 1. The summed E-state index contributed by atoms with van der Waals surface area (Å²) in [5, 5.41) is 3.27. The van der Waals surface area contributed by atoms with Gasteiger partial charge in [-0.2, -0.15) is 0 Å². The Morgan fingerprint density at radius 2 is 1.93 bits per heavy atom. The lowest BCUT2D eigenvalue weighted by atomic mass is 10.1. The van der Waals surface area contributed by atoms with E-state index in [1.165, 1.54) is 20.3 Å². The van der Waals surface area contributed by atoms with Crippen molar-refractivity contribution in [3.63, 3.8) is 0 Å². The number of benzene rings is 1. The maximum Gasteiger partial charge on any atom is 0.261 e. The van der Waals surface area contributed by atoms with Gasteiger partial charge in [0.2, 0.25) is 0 Å². The number of aromatic nitrogens is 2. The van der Waals surface area contributed by atoms with Crippen molar-refractivity contribution in [2.75, 3.05) is 20.8 Å². The fraction of sp³-hybridized carbons (Fsp3) is 0.333. The summed E-state index contributed by atoms with van der Waals surface area (Å²) in [6.07, 6.45) is 2.21. The molecule has 1 aromatic carbocycles. The van der Waals surface area contributed by atoms with E-state index in [4.69, 9.17) is 9.47 Å². The lowest BCUT2D eigenvalue weighted by molar-refractivity contribution is 0.350. The predicted molar refractivity (Wildman–Crippen MR) is 106 cm³/mol. The zero-order valence-corrected chi connectivity index (χ0v) is 16.5. The average Bonchev–Trinajstić information content (AvgIpc) is 2.69. The molecule has 28 heavy (non-hydrogen) atoms. The Balaban J connectivity index is 1.75. The molecular formula is C21H24FN3O3. The van der Waals surface area contributed by atoms with E-state index in [0.717, 1.165) is 0 Å². The fourth-order valence-corrected chi connectivity index (χ4v) is 3.25. The Kier molecular flexibility index (Phi) is 5.94. The van der Waals surface area contributed by atoms with Crippen molar-refractivity contribution in [1.82, 2.24) is 14.7 Å². The third-order valence-electron chi connectivity index (χ3n) is 4.83. The Morgan fingerprint density at radius 1 is 1.21 bits per heavy atom. The molecule has 6 nitrogen and oxygen atoms in total. The Labute approximate surface area is 162 Å². The molecule has 3 rings (SSSR count). The molecule has 0 spiro atoms. The summed E-state index contributed by atoms with van der Waals surface area (Å²) in [5.41, 5.74) is 2.39. The topological polar surface area (TPSA) is 64.9 Å². The van der Waals surface area contributed by atoms with E-state index in [9.17, 15) is 9.18 Å². The molecule has 0 aliphatic heterocycles. The Bertz CT molecular complexity index is 1050. The first-order chi connectivity index (χ1) is 13.5. The summed E-state index contributed by atoms with van der Waals surface area (Å²) in [6, 6.07) is 8.13. The van der Waals surface area contributed by atoms with Gasteiger partial charge >= 0.3 is 0 Å². The molecule has 0 saturated heterocycles. The van der Waals surface area contributed by atoms with Crippen LogP contribution >= 0.6 is 0 Å². The summed E-state index contributed by atoms with van der Waals surface area (Å²) in [6.45, 7) is 4.20. The van der Waals surface area contributed by atoms with Gasteiger partial charge in [-0.3, -0.25) is 9.20 Å². The van der Waals surface area contributed by atoms with E-state index in [1.54, 1.807) is 28.8 Å². The van der Waals surface area contributed by atoms with E-state index in [1.807, 2.05) is 19.9 Å². The van der Waals surface area contributed by atoms with Gasteiger partial charge in [-0.05, 0) is 38.5 Å². The largest absolute Gasteiger partial charge is 0.493 e. The van der Waals surface area contributed by atoms with Gasteiger partial charge in [0.15, 0.2) is 11.5 Å². The number of halogens is 1. The van der Waals surface area contributed by atoms with Crippen molar-refractivity contribution in [3.05, 3.63) is 69.5 Å². The zero-order chi connectivity index (χ0) is 20.3. The minimum Gasteiger partial charge on any atom is -0.493 e. The second kappa shape index (κ2) is 8.39. The standard InChI is InChI=1S/C21H24FN3O3/c1-13(16-11-18(27-3)19(28-4)12-17(16)22)23-9-8-15-14(2)24-20-7-5-6-10-25(20)21(15)26/h5-7,10-13,23H,8-9H2,1-4H3. The summed E-state index contributed by atoms with van der Waals surface area (Å²) >= 11 is 0. The number of rotatable bonds is 7. The summed E-state index contributed by atoms with van der Waals surface area (Å²) in [4.78, 5) is 17.2. The van der Waals surface area contributed by atoms with Crippen molar-refractivity contribution in [3.8, 4) is 11.5 Å². The second-order valence-corrected chi connectivity index (χ2v) is 6.56. The molecule has 1 N–H and O–H groups in total. The zero-order valence-electron chi connectivity index (χ0n) is 16.5. The first-order valence-corrected chi connectivity index (χ1v) is 9.08. The van der Waals surface area contributed by atoms with Gasteiger partial charge in [0.25, 0.3) is 5.56 Å². The third-order valence-corrected chi connectivity index (χ3v) is 4.83. The van der Waals surface area contributed by atoms with Crippen molar-refractivity contribution in [1.29, 1.82) is 0 Å². The van der Waals surface area contributed by atoms with Crippen LogP contribution in [0.25, 0.3) is 5.65 Å². The number of methoxy groups -OCH3 is 2. The SMILES string of the molecule is COc1cc(F)c(C(C)NCCc2c(C)nc3ccccn3c2=O)cc1OC. The van der Waals surface area contributed by atoms with Crippen LogP contribution in [0.4, 0.5) is 4.39 Å². The lowest BCUT2D eigenvalue weighted by Crippen LogP contribution is -2.27. The smallest absolute Gasteiger partial charge is 0.261 e. The van der Waals surface area contributed by atoms with E-state index in [2.05, 4.69) is 10.3 Å². The van der Waals surface area contributed by atoms with Crippen LogP contribution in [-0.2, 0) is 6.42 Å². The minimum atomic E-state index is -0.374. The van der Waals surface area contributed by atoms with Gasteiger partial charge < -0.3 is 14.8 Å². The highest BCUT2D eigenvalue weighted by atomic mass is 19.1. The average molecular weight is 385 g/mol. The fourth-order valence-electron chi connectivity index (χ4n) is 3.25. The number of fused-ring (bicyclic) bond motifs is 1. The van der Waals surface area contributed by atoms with Crippen LogP contribution in [0.3, 0.4) is 0 Å². The van der Waals surface area contributed by atoms with Crippen molar-refractivity contribution >= 4 is 5.65 Å². The maximum atomic E-state index is 14.4. The van der Waals surface area contributed by atoms with Gasteiger partial charge in [-0.25, -0.2) is 9.37 Å². The minimum absolute atomic E-state index is 0.0742. The monoisotopic (exact) mass is 385 g/mol. The molecular weight excluding hydrogens is 361 g/mol. The van der Waals surface area contributed by atoms with Crippen LogP contribution in [0.15, 0.2) is 41.3 Å². The van der Waals surface area contributed by atoms with Crippen LogP contribution in [0.2, 0.25) is 0 Å². The van der Waals surface area contributed by atoms with Crippen LogP contribution < -0.4 is 20.3 Å². The lowest BCUT2D eigenvalue weighted by Gasteiger charge is -2.18. The second-order valence-electron chi connectivity index (χ2n) is 6.56. The molecule has 1 atom stereocenters. The molecule has 0 bridgehead atoms. The molecule has 3 aromatic rings. The molecule has 1 unspecified atom stereocenters. The molecule has 148 valence electrons. The van der Waals surface area contributed by atoms with Crippen molar-refractivity contribution in [2.45, 2.75) is 26.3 Å². The Hall–Kier alpha value is -2.93. The van der Waals surface area contributed by atoms with Gasteiger partial charge in [0.05, 0.1) is 14.2 Å². The van der Waals surface area contributed by atoms with Gasteiger partial charge in [-0.1, -0.05) is 6.07 Å². The van der Waals surface area contributed by atoms with Crippen LogP contribution in [0.1, 0.15) is 29.8 Å². The molecule has 0 fully saturated rings. The van der Waals surface area contributed by atoms with E-state index in [0.29, 0.717) is 46.9 Å². The molecule has 0 radical (unpaired) electrons. The molecule has 0 aliphatic carbocycles. The van der Waals surface area contributed by atoms with Crippen molar-refractivity contribution in [2.24, 2.45) is 0 Å². The molecule has 0 amide bonds. The number of aryl methyl sites for hydroxylation is 1. The first-order valence-electron chi connectivity index (χ1n) is 9.08. The number of hydrogen-bond acceptors (Lipinski definition) is 5. The maximum absolute atomic E-state index is 14.4.